The van der Waals surface area contributed by atoms with E-state index in [1.165, 1.54) is 12.8 Å². The summed E-state index contributed by atoms with van der Waals surface area (Å²) in [6, 6.07) is 0. The van der Waals surface area contributed by atoms with Crippen LogP contribution < -0.4 is 0 Å². The number of hydrogen-bond donors (Lipinski definition) is 0. The van der Waals surface area contributed by atoms with Gasteiger partial charge in [0.05, 0.1) is 13.2 Å². The van der Waals surface area contributed by atoms with Crippen LogP contribution in [-0.2, 0) is 19.1 Å². The number of carbonyl (C=O) groups excluding carboxylic acids is 2. The van der Waals surface area contributed by atoms with Gasteiger partial charge in [0, 0.05) is 42.4 Å². The molecule has 0 rings (SSSR count). The first-order valence-electron chi connectivity index (χ1n) is 8.93. The Labute approximate surface area is 165 Å². The van der Waals surface area contributed by atoms with Gasteiger partial charge in [-0.1, -0.05) is 53.4 Å². The predicted octanol–water partition coefficient (Wildman–Crippen LogP) is 4.66. The van der Waals surface area contributed by atoms with Gasteiger partial charge in [-0.15, -0.1) is 0 Å². The van der Waals surface area contributed by atoms with Crippen LogP contribution in [0.3, 0.4) is 0 Å². The molecule has 0 spiro atoms. The maximum absolute atomic E-state index is 10.8. The third-order valence-corrected chi connectivity index (χ3v) is 2.93. The Morgan fingerprint density at radius 2 is 0.957 bits per heavy atom. The van der Waals surface area contributed by atoms with Gasteiger partial charge in [-0.25, -0.2) is 0 Å². The Kier molecular flexibility index (Phi) is 29.2. The van der Waals surface area contributed by atoms with Gasteiger partial charge in [0.25, 0.3) is 0 Å². The molecule has 23 heavy (non-hydrogen) atoms. The van der Waals surface area contributed by atoms with Crippen molar-refractivity contribution in [3.63, 3.8) is 0 Å². The number of hydrogen-bond acceptors (Lipinski definition) is 4. The third-order valence-electron chi connectivity index (χ3n) is 2.93. The molecule has 0 aromatic rings. The van der Waals surface area contributed by atoms with E-state index >= 15 is 0 Å². The fourth-order valence-electron chi connectivity index (χ4n) is 1.63. The Bertz CT molecular complexity index is 231. The van der Waals surface area contributed by atoms with Crippen molar-refractivity contribution in [2.75, 3.05) is 13.2 Å². The number of esters is 2. The first kappa shape index (κ1) is 27.8. The van der Waals surface area contributed by atoms with Gasteiger partial charge >= 0.3 is 11.9 Å². The van der Waals surface area contributed by atoms with Gasteiger partial charge in [-0.3, -0.25) is 9.59 Å². The van der Waals surface area contributed by atoms with E-state index < -0.39 is 0 Å². The van der Waals surface area contributed by atoms with Crippen molar-refractivity contribution in [1.29, 1.82) is 0 Å². The molecule has 0 aliphatic rings. The van der Waals surface area contributed by atoms with E-state index in [0.717, 1.165) is 38.5 Å². The molecular formula is C18H36NaO4. The molecule has 0 heterocycles. The quantitative estimate of drug-likeness (QED) is 0.295. The summed E-state index contributed by atoms with van der Waals surface area (Å²) in [5.74, 6) is -0.104. The standard InChI is InChI=1S/2C9H18O2.Na/c2*1-3-5-6-8-11-9(10)7-4-2;/h2*3-8H2,1-2H3;. The van der Waals surface area contributed by atoms with Gasteiger partial charge in [-0.05, 0) is 25.7 Å². The first-order valence-corrected chi connectivity index (χ1v) is 8.93. The summed E-state index contributed by atoms with van der Waals surface area (Å²) < 4.78 is 9.89. The van der Waals surface area contributed by atoms with Crippen molar-refractivity contribution in [2.24, 2.45) is 0 Å². The molecule has 0 aliphatic heterocycles. The summed E-state index contributed by atoms with van der Waals surface area (Å²) in [5.41, 5.74) is 0. The van der Waals surface area contributed by atoms with E-state index in [0.29, 0.717) is 26.1 Å². The molecular weight excluding hydrogens is 303 g/mol. The summed E-state index contributed by atoms with van der Waals surface area (Å²) in [4.78, 5) is 21.6. The fraction of sp³-hybridized carbons (Fsp3) is 0.889. The van der Waals surface area contributed by atoms with Crippen LogP contribution in [0.25, 0.3) is 0 Å². The Balaban J connectivity index is -0.000000333. The second kappa shape index (κ2) is 24.2. The zero-order chi connectivity index (χ0) is 17.1. The van der Waals surface area contributed by atoms with Gasteiger partial charge in [0.1, 0.15) is 0 Å². The van der Waals surface area contributed by atoms with Crippen LogP contribution in [0.2, 0.25) is 0 Å². The second-order valence-electron chi connectivity index (χ2n) is 5.36. The molecule has 0 saturated carbocycles. The molecule has 0 unspecified atom stereocenters. The molecule has 5 heteroatoms. The minimum absolute atomic E-state index is 0. The van der Waals surface area contributed by atoms with E-state index in [4.69, 9.17) is 9.47 Å². The van der Waals surface area contributed by atoms with Gasteiger partial charge in [0.15, 0.2) is 0 Å². The van der Waals surface area contributed by atoms with E-state index in [2.05, 4.69) is 13.8 Å². The van der Waals surface area contributed by atoms with Crippen LogP contribution in [0, 0.1) is 0 Å². The monoisotopic (exact) mass is 339 g/mol. The molecule has 0 aromatic carbocycles. The topological polar surface area (TPSA) is 52.6 Å². The van der Waals surface area contributed by atoms with Crippen molar-refractivity contribution in [3.05, 3.63) is 0 Å². The molecule has 133 valence electrons. The molecule has 4 nitrogen and oxygen atoms in total. The van der Waals surface area contributed by atoms with Crippen LogP contribution in [0.4, 0.5) is 0 Å². The van der Waals surface area contributed by atoms with Gasteiger partial charge in [-0.2, -0.15) is 0 Å². The fourth-order valence-corrected chi connectivity index (χ4v) is 1.63. The van der Waals surface area contributed by atoms with Crippen molar-refractivity contribution >= 4 is 41.5 Å². The molecule has 0 amide bonds. The van der Waals surface area contributed by atoms with Crippen LogP contribution in [-0.4, -0.2) is 54.7 Å². The molecule has 0 N–H and O–H groups in total. The Morgan fingerprint density at radius 1 is 0.609 bits per heavy atom. The minimum Gasteiger partial charge on any atom is -0.466 e. The SMILES string of the molecule is CCCCCOC(=O)CCC.CCCCCOC(=O)CCC.[Na]. The van der Waals surface area contributed by atoms with E-state index in [-0.39, 0.29) is 41.5 Å². The molecule has 1 radical (unpaired) electrons. The van der Waals surface area contributed by atoms with Crippen LogP contribution in [0.15, 0.2) is 0 Å². The summed E-state index contributed by atoms with van der Waals surface area (Å²) in [6.07, 6.45) is 9.55. The molecule has 0 atom stereocenters. The van der Waals surface area contributed by atoms with E-state index in [9.17, 15) is 9.59 Å². The maximum Gasteiger partial charge on any atom is 0.305 e. The van der Waals surface area contributed by atoms with Crippen molar-refractivity contribution in [2.45, 2.75) is 91.9 Å². The van der Waals surface area contributed by atoms with Crippen molar-refractivity contribution in [3.8, 4) is 0 Å². The average molecular weight is 339 g/mol. The number of rotatable bonds is 12. The van der Waals surface area contributed by atoms with Crippen LogP contribution in [0.5, 0.6) is 0 Å². The average Bonchev–Trinajstić information content (AvgIpc) is 2.49. The van der Waals surface area contributed by atoms with Crippen LogP contribution >= 0.6 is 0 Å². The maximum atomic E-state index is 10.8. The molecule has 0 saturated heterocycles. The Hall–Kier alpha value is -0.0600. The molecule has 0 bridgehead atoms. The van der Waals surface area contributed by atoms with E-state index in [1.54, 1.807) is 0 Å². The largest absolute Gasteiger partial charge is 0.466 e. The smallest absolute Gasteiger partial charge is 0.305 e. The molecule has 0 aromatic heterocycles. The second-order valence-corrected chi connectivity index (χ2v) is 5.36. The minimum atomic E-state index is -0.0522. The van der Waals surface area contributed by atoms with Crippen LogP contribution in [0.1, 0.15) is 91.9 Å². The Morgan fingerprint density at radius 3 is 1.22 bits per heavy atom. The molecule has 0 fully saturated rings. The summed E-state index contributed by atoms with van der Waals surface area (Å²) >= 11 is 0. The number of carbonyl (C=O) groups is 2. The summed E-state index contributed by atoms with van der Waals surface area (Å²) in [5, 5.41) is 0. The molecule has 0 aliphatic carbocycles. The van der Waals surface area contributed by atoms with E-state index in [1.807, 2.05) is 13.8 Å². The summed E-state index contributed by atoms with van der Waals surface area (Å²) in [7, 11) is 0. The predicted molar refractivity (Wildman–Crippen MR) is 96.5 cm³/mol. The normalized spacial score (nSPS) is 9.22. The van der Waals surface area contributed by atoms with Crippen molar-refractivity contribution in [1.82, 2.24) is 0 Å². The summed E-state index contributed by atoms with van der Waals surface area (Å²) in [6.45, 7) is 9.43. The number of ether oxygens (including phenoxy) is 2. The zero-order valence-electron chi connectivity index (χ0n) is 16.1. The van der Waals surface area contributed by atoms with Crippen molar-refractivity contribution < 1.29 is 19.1 Å². The first-order chi connectivity index (χ1) is 10.6. The zero-order valence-corrected chi connectivity index (χ0v) is 18.1. The number of unbranched alkanes of at least 4 members (excludes halogenated alkanes) is 4. The van der Waals surface area contributed by atoms with Gasteiger partial charge < -0.3 is 9.47 Å². The van der Waals surface area contributed by atoms with Gasteiger partial charge in [0.2, 0.25) is 0 Å². The third kappa shape index (κ3) is 27.1.